The zero-order chi connectivity index (χ0) is 20.6. The lowest BCUT2D eigenvalue weighted by atomic mass is 9.81. The van der Waals surface area contributed by atoms with E-state index in [2.05, 4.69) is 0 Å². The van der Waals surface area contributed by atoms with Gasteiger partial charge in [0, 0.05) is 42.3 Å². The molecule has 0 saturated heterocycles. The summed E-state index contributed by atoms with van der Waals surface area (Å²) in [6.07, 6.45) is 3.30. The van der Waals surface area contributed by atoms with E-state index in [-0.39, 0.29) is 17.0 Å². The van der Waals surface area contributed by atoms with Gasteiger partial charge in [-0.2, -0.15) is 4.58 Å². The molecule has 7 nitrogen and oxygen atoms in total. The Morgan fingerprint density at radius 1 is 1.21 bits per heavy atom. The van der Waals surface area contributed by atoms with Gasteiger partial charge in [0.15, 0.2) is 5.71 Å². The van der Waals surface area contributed by atoms with Crippen molar-refractivity contribution in [2.75, 3.05) is 0 Å². The molecule has 0 fully saturated rings. The Hall–Kier alpha value is -3.48. The second-order valence-corrected chi connectivity index (χ2v) is 7.25. The molecule has 0 aliphatic carbocycles. The van der Waals surface area contributed by atoms with Crippen LogP contribution in [0.5, 0.6) is 5.75 Å². The number of rotatable bonds is 5. The van der Waals surface area contributed by atoms with Crippen LogP contribution in [0.3, 0.4) is 0 Å². The number of carbonyl (C=O) groups is 1. The van der Waals surface area contributed by atoms with Crippen molar-refractivity contribution in [1.29, 1.82) is 0 Å². The van der Waals surface area contributed by atoms with Gasteiger partial charge in [0.1, 0.15) is 5.75 Å². The van der Waals surface area contributed by atoms with Crippen LogP contribution in [0, 0.1) is 10.1 Å². The number of aromatic hydroxyl groups is 1. The van der Waals surface area contributed by atoms with E-state index >= 15 is 0 Å². The van der Waals surface area contributed by atoms with Crippen LogP contribution >= 0.6 is 0 Å². The van der Waals surface area contributed by atoms with Crippen LogP contribution in [0.1, 0.15) is 31.9 Å². The van der Waals surface area contributed by atoms with Gasteiger partial charge in [-0.15, -0.1) is 0 Å². The van der Waals surface area contributed by atoms with Crippen LogP contribution < -0.4 is 0 Å². The summed E-state index contributed by atoms with van der Waals surface area (Å²) in [6, 6.07) is 10.6. The molecular formula is C21H21N2O5+. The second-order valence-electron chi connectivity index (χ2n) is 7.25. The SMILES string of the molecule is CC(C(=O)O)[N+]1=C(/C=C/c2cc([N+](=O)[O-])ccc2O)C(C)(C)c2ccccc21. The number of hydrogen-bond acceptors (Lipinski definition) is 4. The number of fused-ring (bicyclic) bond motifs is 1. The zero-order valence-corrected chi connectivity index (χ0v) is 15.8. The molecule has 1 heterocycles. The smallest absolute Gasteiger partial charge is 0.373 e. The minimum atomic E-state index is -0.961. The standard InChI is InChI=1S/C21H20N2O5/c1-13(20(25)26)22-17-7-5-4-6-16(17)21(2,3)19(22)11-8-14-12-15(23(27)28)9-10-18(14)24/h4-13H,1-3H3,(H,25,26)/p+1. The van der Waals surface area contributed by atoms with Gasteiger partial charge >= 0.3 is 5.97 Å². The van der Waals surface area contributed by atoms with Crippen molar-refractivity contribution >= 4 is 29.1 Å². The van der Waals surface area contributed by atoms with Gasteiger partial charge in [0.2, 0.25) is 5.69 Å². The first-order valence-electron chi connectivity index (χ1n) is 8.79. The number of para-hydroxylation sites is 1. The summed E-state index contributed by atoms with van der Waals surface area (Å²) in [5, 5.41) is 30.7. The second kappa shape index (κ2) is 6.92. The summed E-state index contributed by atoms with van der Waals surface area (Å²) in [4.78, 5) is 22.2. The average molecular weight is 381 g/mol. The Morgan fingerprint density at radius 2 is 1.89 bits per heavy atom. The highest BCUT2D eigenvalue weighted by molar-refractivity contribution is 6.06. The molecule has 28 heavy (non-hydrogen) atoms. The maximum Gasteiger partial charge on any atom is 0.373 e. The molecule has 0 bridgehead atoms. The fraction of sp³-hybridized carbons (Fsp3) is 0.238. The molecule has 7 heteroatoms. The molecule has 2 aromatic rings. The van der Waals surface area contributed by atoms with E-state index in [9.17, 15) is 25.1 Å². The van der Waals surface area contributed by atoms with E-state index in [1.807, 2.05) is 38.1 Å². The molecule has 0 amide bonds. The van der Waals surface area contributed by atoms with Crippen LogP contribution in [0.15, 0.2) is 48.5 Å². The number of carboxylic acid groups (broad SMARTS) is 1. The van der Waals surface area contributed by atoms with Crippen LogP contribution in [-0.4, -0.2) is 37.4 Å². The highest BCUT2D eigenvalue weighted by atomic mass is 16.6. The topological polar surface area (TPSA) is 104 Å². The first-order valence-corrected chi connectivity index (χ1v) is 8.79. The molecule has 0 aromatic heterocycles. The number of benzene rings is 2. The van der Waals surface area contributed by atoms with E-state index < -0.39 is 22.3 Å². The molecule has 2 N–H and O–H groups in total. The summed E-state index contributed by atoms with van der Waals surface area (Å²) in [6.45, 7) is 5.60. The number of phenols is 1. The molecule has 3 rings (SSSR count). The van der Waals surface area contributed by atoms with Crippen molar-refractivity contribution in [3.05, 3.63) is 69.8 Å². The lowest BCUT2D eigenvalue weighted by molar-refractivity contribution is -0.465. The highest BCUT2D eigenvalue weighted by Crippen LogP contribution is 2.41. The summed E-state index contributed by atoms with van der Waals surface area (Å²) in [5.74, 6) is -1.05. The Bertz CT molecular complexity index is 1040. The summed E-state index contributed by atoms with van der Waals surface area (Å²) in [7, 11) is 0. The Morgan fingerprint density at radius 3 is 2.54 bits per heavy atom. The molecule has 1 aliphatic heterocycles. The lowest BCUT2D eigenvalue weighted by Crippen LogP contribution is -2.34. The molecule has 1 atom stereocenters. The predicted molar refractivity (Wildman–Crippen MR) is 105 cm³/mol. The van der Waals surface area contributed by atoms with Crippen molar-refractivity contribution in [3.8, 4) is 5.75 Å². The summed E-state index contributed by atoms with van der Waals surface area (Å²) < 4.78 is 1.75. The van der Waals surface area contributed by atoms with Crippen LogP contribution in [0.2, 0.25) is 0 Å². The van der Waals surface area contributed by atoms with Crippen molar-refractivity contribution in [2.24, 2.45) is 0 Å². The normalized spacial score (nSPS) is 16.2. The third-order valence-corrected chi connectivity index (χ3v) is 5.12. The zero-order valence-electron chi connectivity index (χ0n) is 15.8. The molecule has 2 aromatic carbocycles. The molecule has 0 saturated carbocycles. The first kappa shape index (κ1) is 19.3. The number of nitro benzene ring substituents is 1. The predicted octanol–water partition coefficient (Wildman–Crippen LogP) is 3.86. The number of aliphatic carboxylic acids is 1. The van der Waals surface area contributed by atoms with Gasteiger partial charge in [-0.1, -0.05) is 18.2 Å². The molecule has 144 valence electrons. The number of non-ortho nitro benzene ring substituents is 1. The van der Waals surface area contributed by atoms with Gasteiger partial charge in [-0.05, 0) is 26.0 Å². The number of nitrogens with zero attached hydrogens (tertiary/aromatic N) is 2. The van der Waals surface area contributed by atoms with E-state index in [0.717, 1.165) is 17.0 Å². The Balaban J connectivity index is 2.17. The number of phenolic OH excluding ortho intramolecular Hbond substituents is 1. The summed E-state index contributed by atoms with van der Waals surface area (Å²) >= 11 is 0. The van der Waals surface area contributed by atoms with Crippen molar-refractivity contribution in [2.45, 2.75) is 32.2 Å². The van der Waals surface area contributed by atoms with E-state index in [4.69, 9.17) is 0 Å². The number of hydrogen-bond donors (Lipinski definition) is 2. The highest BCUT2D eigenvalue weighted by Gasteiger charge is 2.47. The largest absolute Gasteiger partial charge is 0.507 e. The summed E-state index contributed by atoms with van der Waals surface area (Å²) in [5.41, 5.74) is 2.21. The van der Waals surface area contributed by atoms with Crippen molar-refractivity contribution in [3.63, 3.8) is 0 Å². The number of carboxylic acids is 1. The fourth-order valence-electron chi connectivity index (χ4n) is 3.56. The van der Waals surface area contributed by atoms with Gasteiger partial charge in [-0.3, -0.25) is 10.1 Å². The van der Waals surface area contributed by atoms with Gasteiger partial charge in [0.25, 0.3) is 11.7 Å². The third kappa shape index (κ3) is 3.15. The quantitative estimate of drug-likeness (QED) is 0.465. The molecular weight excluding hydrogens is 360 g/mol. The van der Waals surface area contributed by atoms with Crippen LogP contribution in [0.25, 0.3) is 6.08 Å². The van der Waals surface area contributed by atoms with Crippen LogP contribution in [0.4, 0.5) is 11.4 Å². The van der Waals surface area contributed by atoms with E-state index in [0.29, 0.717) is 0 Å². The van der Waals surface area contributed by atoms with Gasteiger partial charge in [-0.25, -0.2) is 4.79 Å². The first-order chi connectivity index (χ1) is 13.1. The maximum absolute atomic E-state index is 11.7. The van der Waals surface area contributed by atoms with Gasteiger partial charge < -0.3 is 10.2 Å². The molecule has 1 unspecified atom stereocenters. The Kier molecular flexibility index (Phi) is 4.77. The van der Waals surface area contributed by atoms with Crippen molar-refractivity contribution < 1.29 is 24.5 Å². The minimum Gasteiger partial charge on any atom is -0.507 e. The average Bonchev–Trinajstić information content (AvgIpc) is 2.87. The molecule has 1 aliphatic rings. The third-order valence-electron chi connectivity index (χ3n) is 5.12. The monoisotopic (exact) mass is 381 g/mol. The van der Waals surface area contributed by atoms with E-state index in [1.165, 1.54) is 18.2 Å². The molecule has 0 radical (unpaired) electrons. The minimum absolute atomic E-state index is 0.0893. The van der Waals surface area contributed by atoms with E-state index in [1.54, 1.807) is 23.7 Å². The number of nitro groups is 1. The number of allylic oxidation sites excluding steroid dienone is 1. The fourth-order valence-corrected chi connectivity index (χ4v) is 3.56. The lowest BCUT2D eigenvalue weighted by Gasteiger charge is -2.15. The van der Waals surface area contributed by atoms with Crippen LogP contribution in [-0.2, 0) is 10.2 Å². The Labute approximate surface area is 162 Å². The molecule has 0 spiro atoms. The van der Waals surface area contributed by atoms with Gasteiger partial charge in [0.05, 0.1) is 10.3 Å². The maximum atomic E-state index is 11.7. The van der Waals surface area contributed by atoms with Crippen molar-refractivity contribution in [1.82, 2.24) is 0 Å².